The van der Waals surface area contributed by atoms with E-state index in [2.05, 4.69) is 9.84 Å². The van der Waals surface area contributed by atoms with Crippen molar-refractivity contribution in [1.29, 1.82) is 0 Å². The van der Waals surface area contributed by atoms with E-state index in [-0.39, 0.29) is 13.2 Å². The van der Waals surface area contributed by atoms with E-state index in [1.165, 1.54) is 0 Å². The van der Waals surface area contributed by atoms with Crippen LogP contribution in [0.2, 0.25) is 0 Å². The molecule has 10 heteroatoms. The average molecular weight is 287 g/mol. The highest BCUT2D eigenvalue weighted by atomic mass is 16.6. The zero-order chi connectivity index (χ0) is 15.3. The van der Waals surface area contributed by atoms with Crippen LogP contribution in [0.1, 0.15) is 27.9 Å². The molecule has 0 saturated heterocycles. The number of methoxy groups -OCH3 is 1. The summed E-state index contributed by atoms with van der Waals surface area (Å²) < 4.78 is 10.6. The third-order valence-corrected chi connectivity index (χ3v) is 2.45. The molecule has 1 amide bonds. The molecule has 0 radical (unpaired) electrons. The first-order valence-electron chi connectivity index (χ1n) is 5.70. The van der Waals surface area contributed by atoms with Gasteiger partial charge in [-0.2, -0.15) is 5.10 Å². The first kappa shape index (κ1) is 15.6. The first-order valence-corrected chi connectivity index (χ1v) is 5.70. The Labute approximate surface area is 113 Å². The maximum absolute atomic E-state index is 11.5. The molecule has 1 aromatic heterocycles. The number of aromatic nitrogens is 2. The number of esters is 1. The molecular formula is C10H15N4O6+. The van der Waals surface area contributed by atoms with Crippen LogP contribution < -0.4 is 10.4 Å². The highest BCUT2D eigenvalue weighted by molar-refractivity contribution is 6.00. The highest BCUT2D eigenvalue weighted by Gasteiger charge is 2.41. The van der Waals surface area contributed by atoms with E-state index in [1.807, 2.05) is 0 Å². The number of carbonyl (C=O) groups is 2. The normalized spacial score (nSPS) is 10.3. The SMILES string of the molecule is CCOCC[n+]1[nH]c(C(=O)OC)c([N+](=O)[O-])c1C(N)=O. The van der Waals surface area contributed by atoms with E-state index in [0.717, 1.165) is 11.8 Å². The number of nitrogens with zero attached hydrogens (tertiary/aromatic N) is 2. The summed E-state index contributed by atoms with van der Waals surface area (Å²) in [6, 6.07) is 0. The molecule has 0 atom stereocenters. The highest BCUT2D eigenvalue weighted by Crippen LogP contribution is 2.20. The predicted octanol–water partition coefficient (Wildman–Crippen LogP) is -0.868. The molecule has 0 aliphatic carbocycles. The number of aromatic amines is 1. The summed E-state index contributed by atoms with van der Waals surface area (Å²) in [5.41, 5.74) is 3.58. The number of nitrogens with one attached hydrogen (secondary N) is 1. The number of rotatable bonds is 7. The Morgan fingerprint density at radius 1 is 1.50 bits per heavy atom. The predicted molar refractivity (Wildman–Crippen MR) is 64.0 cm³/mol. The molecule has 0 saturated carbocycles. The van der Waals surface area contributed by atoms with Crippen molar-refractivity contribution >= 4 is 17.6 Å². The molecule has 0 spiro atoms. The molecule has 20 heavy (non-hydrogen) atoms. The summed E-state index contributed by atoms with van der Waals surface area (Å²) in [6.07, 6.45) is 0. The van der Waals surface area contributed by atoms with Crippen LogP contribution in [-0.4, -0.2) is 42.2 Å². The third-order valence-electron chi connectivity index (χ3n) is 2.45. The van der Waals surface area contributed by atoms with Gasteiger partial charge in [-0.1, -0.05) is 4.68 Å². The van der Waals surface area contributed by atoms with Gasteiger partial charge in [-0.25, -0.2) is 4.79 Å². The Hall–Kier alpha value is -2.49. The minimum absolute atomic E-state index is 0.101. The van der Waals surface area contributed by atoms with Gasteiger partial charge in [0.2, 0.25) is 0 Å². The largest absolute Gasteiger partial charge is 0.464 e. The first-order chi connectivity index (χ1) is 9.43. The summed E-state index contributed by atoms with van der Waals surface area (Å²) >= 11 is 0. The van der Waals surface area contributed by atoms with Crippen molar-refractivity contribution in [3.8, 4) is 0 Å². The van der Waals surface area contributed by atoms with Crippen LogP contribution in [0, 0.1) is 10.1 Å². The van der Waals surface area contributed by atoms with E-state index in [9.17, 15) is 19.7 Å². The van der Waals surface area contributed by atoms with Gasteiger partial charge in [-0.3, -0.25) is 14.9 Å². The summed E-state index contributed by atoms with van der Waals surface area (Å²) in [6.45, 7) is 2.51. The van der Waals surface area contributed by atoms with Gasteiger partial charge in [0.05, 0.1) is 12.0 Å². The van der Waals surface area contributed by atoms with Crippen LogP contribution in [0.25, 0.3) is 0 Å². The molecule has 0 fully saturated rings. The van der Waals surface area contributed by atoms with Crippen LogP contribution in [0.15, 0.2) is 0 Å². The number of nitro groups is 1. The van der Waals surface area contributed by atoms with Crippen LogP contribution in [0.3, 0.4) is 0 Å². The van der Waals surface area contributed by atoms with Gasteiger partial charge in [-0.15, -0.1) is 0 Å². The fourth-order valence-electron chi connectivity index (χ4n) is 1.63. The zero-order valence-corrected chi connectivity index (χ0v) is 11.0. The Morgan fingerprint density at radius 3 is 2.60 bits per heavy atom. The Balaban J connectivity index is 3.33. The minimum atomic E-state index is -1.03. The number of amides is 1. The standard InChI is InChI=1S/C10H14N4O6/c1-3-20-5-4-13-8(9(11)15)7(14(17)18)6(12-13)10(16)19-2/h3-5H2,1-2H3,(H2,11,15)/p+1. The second kappa shape index (κ2) is 6.61. The van der Waals surface area contributed by atoms with Crippen molar-refractivity contribution < 1.29 is 28.7 Å². The second-order valence-corrected chi connectivity index (χ2v) is 3.65. The molecule has 1 heterocycles. The van der Waals surface area contributed by atoms with E-state index >= 15 is 0 Å². The Kier molecular flexibility index (Phi) is 5.15. The molecule has 0 unspecified atom stereocenters. The maximum atomic E-state index is 11.5. The lowest BCUT2D eigenvalue weighted by Gasteiger charge is -1.96. The number of nitrogens with two attached hydrogens (primary N) is 1. The molecular weight excluding hydrogens is 272 g/mol. The van der Waals surface area contributed by atoms with Gasteiger partial charge >= 0.3 is 23.3 Å². The third kappa shape index (κ3) is 3.09. The van der Waals surface area contributed by atoms with E-state index in [0.29, 0.717) is 6.61 Å². The number of hydrogen-bond donors (Lipinski definition) is 2. The lowest BCUT2D eigenvalue weighted by molar-refractivity contribution is -0.753. The molecule has 10 nitrogen and oxygen atoms in total. The van der Waals surface area contributed by atoms with Crippen LogP contribution >= 0.6 is 0 Å². The summed E-state index contributed by atoms with van der Waals surface area (Å²) in [4.78, 5) is 33.1. The zero-order valence-electron chi connectivity index (χ0n) is 11.0. The minimum Gasteiger partial charge on any atom is -0.464 e. The van der Waals surface area contributed by atoms with Crippen LogP contribution in [0.4, 0.5) is 5.69 Å². The lowest BCUT2D eigenvalue weighted by Crippen LogP contribution is -2.45. The summed E-state index contributed by atoms with van der Waals surface area (Å²) in [7, 11) is 1.07. The van der Waals surface area contributed by atoms with Crippen molar-refractivity contribution in [2.24, 2.45) is 5.73 Å². The molecule has 1 rings (SSSR count). The van der Waals surface area contributed by atoms with Gasteiger partial charge in [0, 0.05) is 6.61 Å². The molecule has 3 N–H and O–H groups in total. The molecule has 0 bridgehead atoms. The van der Waals surface area contributed by atoms with E-state index in [4.69, 9.17) is 10.5 Å². The lowest BCUT2D eigenvalue weighted by atomic mass is 10.2. The fourth-order valence-corrected chi connectivity index (χ4v) is 1.63. The second-order valence-electron chi connectivity index (χ2n) is 3.65. The number of ether oxygens (including phenoxy) is 2. The number of carbonyl (C=O) groups excluding carboxylic acids is 2. The van der Waals surface area contributed by atoms with E-state index in [1.54, 1.807) is 6.92 Å². The topological polar surface area (TPSA) is 141 Å². The number of primary amides is 1. The van der Waals surface area contributed by atoms with Gasteiger partial charge < -0.3 is 15.2 Å². The average Bonchev–Trinajstić information content (AvgIpc) is 2.78. The number of hydrogen-bond acceptors (Lipinski definition) is 6. The van der Waals surface area contributed by atoms with E-state index < -0.39 is 33.9 Å². The molecule has 110 valence electrons. The van der Waals surface area contributed by atoms with Crippen molar-refractivity contribution in [3.05, 3.63) is 21.5 Å². The maximum Gasteiger partial charge on any atom is 0.384 e. The molecule has 0 aliphatic rings. The van der Waals surface area contributed by atoms with Gasteiger partial charge in [0.25, 0.3) is 5.69 Å². The monoisotopic (exact) mass is 287 g/mol. The van der Waals surface area contributed by atoms with Crippen molar-refractivity contribution in [2.45, 2.75) is 13.5 Å². The molecule has 0 aliphatic heterocycles. The smallest absolute Gasteiger partial charge is 0.384 e. The Morgan fingerprint density at radius 2 is 2.15 bits per heavy atom. The quantitative estimate of drug-likeness (QED) is 0.219. The van der Waals surface area contributed by atoms with Crippen LogP contribution in [0.5, 0.6) is 0 Å². The fraction of sp³-hybridized carbons (Fsp3) is 0.500. The summed E-state index contributed by atoms with van der Waals surface area (Å²) in [5, 5.41) is 13.5. The molecule has 1 aromatic rings. The Bertz CT molecular complexity index is 538. The van der Waals surface area contributed by atoms with Gasteiger partial charge in [-0.05, 0) is 6.92 Å². The molecule has 0 aromatic carbocycles. The van der Waals surface area contributed by atoms with Crippen molar-refractivity contribution in [1.82, 2.24) is 5.10 Å². The van der Waals surface area contributed by atoms with Crippen LogP contribution in [-0.2, 0) is 16.0 Å². The van der Waals surface area contributed by atoms with Crippen molar-refractivity contribution in [3.63, 3.8) is 0 Å². The van der Waals surface area contributed by atoms with Gasteiger partial charge in [0.15, 0.2) is 6.54 Å². The van der Waals surface area contributed by atoms with Gasteiger partial charge in [0.1, 0.15) is 6.61 Å². The number of H-pyrrole nitrogens is 1. The van der Waals surface area contributed by atoms with Crippen molar-refractivity contribution in [2.75, 3.05) is 20.3 Å². The summed E-state index contributed by atoms with van der Waals surface area (Å²) in [5.74, 6) is -1.99.